The molecule has 0 radical (unpaired) electrons. The van der Waals surface area contributed by atoms with E-state index in [1.54, 1.807) is 14.0 Å². The molecule has 226 valence electrons. The van der Waals surface area contributed by atoms with E-state index in [2.05, 4.69) is 30.5 Å². The topological polar surface area (TPSA) is 138 Å². The Morgan fingerprint density at radius 2 is 1.90 bits per heavy atom. The lowest BCUT2D eigenvalue weighted by atomic mass is 9.93. The first-order chi connectivity index (χ1) is 19.9. The minimum atomic E-state index is -0.621. The van der Waals surface area contributed by atoms with Gasteiger partial charge in [-0.15, -0.1) is 0 Å². The molecule has 1 aromatic carbocycles. The highest BCUT2D eigenvalue weighted by Crippen LogP contribution is 2.43. The van der Waals surface area contributed by atoms with Crippen LogP contribution >= 0.6 is 27.7 Å². The summed E-state index contributed by atoms with van der Waals surface area (Å²) < 4.78 is 19.4. The first kappa shape index (κ1) is 30.2. The van der Waals surface area contributed by atoms with Crippen molar-refractivity contribution in [1.82, 2.24) is 29.3 Å². The van der Waals surface area contributed by atoms with Crippen LogP contribution in [0.2, 0.25) is 0 Å². The molecule has 0 bridgehead atoms. The van der Waals surface area contributed by atoms with Gasteiger partial charge in [0.1, 0.15) is 18.0 Å². The number of nitrogens with two attached hydrogens (primary N) is 1. The minimum absolute atomic E-state index is 0.0671. The van der Waals surface area contributed by atoms with Gasteiger partial charge in [-0.1, -0.05) is 11.8 Å². The molecule has 2 aliphatic heterocycles. The fourth-order valence-corrected chi connectivity index (χ4v) is 6.47. The number of aryl methyl sites for hydroxylation is 1. The number of carbonyl (C=O) groups is 2. The number of rotatable bonds is 7. The molecular weight excluding hydrogens is 626 g/mol. The van der Waals surface area contributed by atoms with Gasteiger partial charge in [-0.25, -0.2) is 19.7 Å². The van der Waals surface area contributed by atoms with Crippen molar-refractivity contribution in [3.05, 3.63) is 22.9 Å². The highest BCUT2D eigenvalue weighted by molar-refractivity contribution is 9.10. The molecule has 0 saturated carbocycles. The maximum atomic E-state index is 13.2. The molecule has 0 unspecified atom stereocenters. The van der Waals surface area contributed by atoms with Crippen molar-refractivity contribution in [3.63, 3.8) is 0 Å². The van der Waals surface area contributed by atoms with Crippen LogP contribution in [0.5, 0.6) is 11.5 Å². The van der Waals surface area contributed by atoms with Gasteiger partial charge in [0.05, 0.1) is 0 Å². The Morgan fingerprint density at radius 1 is 1.21 bits per heavy atom. The van der Waals surface area contributed by atoms with E-state index in [-0.39, 0.29) is 12.7 Å². The maximum Gasteiger partial charge on any atom is 0.410 e. The predicted molar refractivity (Wildman–Crippen MR) is 162 cm³/mol. The van der Waals surface area contributed by atoms with Gasteiger partial charge in [0.2, 0.25) is 12.7 Å². The fraction of sp³-hybridized carbons (Fsp3) is 0.536. The van der Waals surface area contributed by atoms with Gasteiger partial charge in [0.25, 0.3) is 0 Å². The number of fused-ring (bicyclic) bond motifs is 2. The van der Waals surface area contributed by atoms with Crippen LogP contribution in [0.3, 0.4) is 0 Å². The molecule has 1 fully saturated rings. The van der Waals surface area contributed by atoms with Crippen molar-refractivity contribution >= 4 is 56.7 Å². The Bertz CT molecular complexity index is 1490. The molecule has 2 aromatic heterocycles. The van der Waals surface area contributed by atoms with Gasteiger partial charge in [0.15, 0.2) is 33.6 Å². The van der Waals surface area contributed by atoms with Crippen molar-refractivity contribution in [3.8, 4) is 11.5 Å². The SMILES string of the molecule is C[C@@H](C(=O)N1CCC(CCn2c(Sc3cc4c(cc3Br)OCO4)nc3c(N)ncnc32)CC1)N(C)C(=O)OC(C)(C)C. The molecule has 0 spiro atoms. The Balaban J connectivity index is 1.23. The molecule has 5 rings (SSSR count). The normalized spacial score (nSPS) is 16.1. The second-order valence-electron chi connectivity index (χ2n) is 11.5. The number of aromatic nitrogens is 4. The third kappa shape index (κ3) is 6.54. The largest absolute Gasteiger partial charge is 0.454 e. The van der Waals surface area contributed by atoms with Crippen LogP contribution in [-0.2, 0) is 16.1 Å². The molecule has 2 N–H and O–H groups in total. The number of hydrogen-bond donors (Lipinski definition) is 1. The van der Waals surface area contributed by atoms with Gasteiger partial charge >= 0.3 is 6.09 Å². The van der Waals surface area contributed by atoms with Crippen LogP contribution in [-0.4, -0.2) is 79.9 Å². The van der Waals surface area contributed by atoms with E-state index in [1.165, 1.54) is 23.0 Å². The zero-order chi connectivity index (χ0) is 30.2. The second-order valence-corrected chi connectivity index (χ2v) is 13.4. The van der Waals surface area contributed by atoms with Gasteiger partial charge in [-0.2, -0.15) is 0 Å². The van der Waals surface area contributed by atoms with Crippen LogP contribution in [0, 0.1) is 5.92 Å². The molecule has 42 heavy (non-hydrogen) atoms. The van der Waals surface area contributed by atoms with Crippen molar-refractivity contribution < 1.29 is 23.8 Å². The molecule has 1 saturated heterocycles. The summed E-state index contributed by atoms with van der Waals surface area (Å²) in [5.74, 6) is 2.08. The number of imidazole rings is 1. The summed E-state index contributed by atoms with van der Waals surface area (Å²) in [7, 11) is 1.60. The number of nitrogen functional groups attached to an aromatic ring is 1. The molecule has 3 aromatic rings. The molecule has 12 nitrogen and oxygen atoms in total. The maximum absolute atomic E-state index is 13.2. The third-order valence-corrected chi connectivity index (χ3v) is 9.43. The standard InChI is InChI=1S/C28H36BrN7O5S/c1-16(34(5)27(38)41-28(2,3)4)25(37)35-9-6-17(7-10-35)8-11-36-24-22(23(30)31-14-32-24)33-26(36)42-21-13-20-19(12-18(21)29)39-15-40-20/h12-14,16-17H,6-11,15H2,1-5H3,(H2,30,31,32)/t16-/m0/s1. The smallest absolute Gasteiger partial charge is 0.410 e. The van der Waals surface area contributed by atoms with Crippen molar-refractivity contribution in [2.24, 2.45) is 5.92 Å². The van der Waals surface area contributed by atoms with E-state index in [1.807, 2.05) is 37.8 Å². The lowest BCUT2D eigenvalue weighted by Gasteiger charge is -2.36. The molecule has 4 heterocycles. The Hall–Kier alpha value is -3.26. The summed E-state index contributed by atoms with van der Waals surface area (Å²) in [4.78, 5) is 43.2. The summed E-state index contributed by atoms with van der Waals surface area (Å²) >= 11 is 5.14. The summed E-state index contributed by atoms with van der Waals surface area (Å²) in [6.45, 7) is 9.34. The van der Waals surface area contributed by atoms with Crippen LogP contribution in [0.1, 0.15) is 47.0 Å². The number of anilines is 1. The van der Waals surface area contributed by atoms with E-state index in [4.69, 9.17) is 24.9 Å². The van der Waals surface area contributed by atoms with E-state index in [9.17, 15) is 9.59 Å². The average Bonchev–Trinajstić information content (AvgIpc) is 3.54. The van der Waals surface area contributed by atoms with Crippen molar-refractivity contribution in [2.45, 2.75) is 75.2 Å². The Kier molecular flexibility index (Phi) is 8.74. The Labute approximate surface area is 257 Å². The summed E-state index contributed by atoms with van der Waals surface area (Å²) in [5, 5.41) is 0.753. The number of hydrogen-bond acceptors (Lipinski definition) is 10. The first-order valence-electron chi connectivity index (χ1n) is 13.9. The molecule has 1 atom stereocenters. The van der Waals surface area contributed by atoms with Crippen molar-refractivity contribution in [2.75, 3.05) is 32.7 Å². The quantitative estimate of drug-likeness (QED) is 0.371. The highest BCUT2D eigenvalue weighted by atomic mass is 79.9. The number of carbonyl (C=O) groups excluding carboxylic acids is 2. The highest BCUT2D eigenvalue weighted by Gasteiger charge is 2.32. The summed E-state index contributed by atoms with van der Waals surface area (Å²) in [6, 6.07) is 3.23. The monoisotopic (exact) mass is 661 g/mol. The number of nitrogens with zero attached hydrogens (tertiary/aromatic N) is 6. The zero-order valence-corrected chi connectivity index (χ0v) is 26.8. The number of halogens is 1. The molecule has 0 aliphatic carbocycles. The van der Waals surface area contributed by atoms with Gasteiger partial charge in [-0.05, 0) is 80.9 Å². The number of likely N-dealkylation sites (tertiary alicyclic amines) is 1. The molecule has 2 aliphatic rings. The van der Waals surface area contributed by atoms with Crippen molar-refractivity contribution in [1.29, 1.82) is 0 Å². The molecular formula is C28H36BrN7O5S. The number of benzene rings is 1. The lowest BCUT2D eigenvalue weighted by Crippen LogP contribution is -2.50. The zero-order valence-electron chi connectivity index (χ0n) is 24.4. The fourth-order valence-electron chi connectivity index (χ4n) is 4.96. The average molecular weight is 663 g/mol. The van der Waals surface area contributed by atoms with Gasteiger partial charge in [0, 0.05) is 36.1 Å². The van der Waals surface area contributed by atoms with Crippen LogP contribution in [0.4, 0.5) is 10.6 Å². The number of ether oxygens (including phenoxy) is 3. The van der Waals surface area contributed by atoms with Gasteiger partial charge < -0.3 is 29.4 Å². The van der Waals surface area contributed by atoms with Crippen LogP contribution in [0.25, 0.3) is 11.2 Å². The van der Waals surface area contributed by atoms with Gasteiger partial charge in [-0.3, -0.25) is 9.69 Å². The number of likely N-dealkylation sites (N-methyl/N-ethyl adjacent to an activating group) is 1. The number of amides is 2. The van der Waals surface area contributed by atoms with E-state index in [0.717, 1.165) is 33.8 Å². The number of piperidine rings is 1. The Morgan fingerprint density at radius 3 is 2.60 bits per heavy atom. The van der Waals surface area contributed by atoms with E-state index >= 15 is 0 Å². The first-order valence-corrected chi connectivity index (χ1v) is 15.5. The third-order valence-electron chi connectivity index (χ3n) is 7.46. The lowest BCUT2D eigenvalue weighted by molar-refractivity contribution is -0.137. The molecule has 2 amide bonds. The van der Waals surface area contributed by atoms with Crippen LogP contribution < -0.4 is 15.2 Å². The van der Waals surface area contributed by atoms with Crippen LogP contribution in [0.15, 0.2) is 33.0 Å². The van der Waals surface area contributed by atoms with E-state index < -0.39 is 17.7 Å². The second kappa shape index (κ2) is 12.2. The molecule has 14 heteroatoms. The minimum Gasteiger partial charge on any atom is -0.454 e. The van der Waals surface area contributed by atoms with E-state index in [0.29, 0.717) is 54.0 Å². The summed E-state index contributed by atoms with van der Waals surface area (Å²) in [5.41, 5.74) is 6.80. The summed E-state index contributed by atoms with van der Waals surface area (Å²) in [6.07, 6.45) is 3.58. The predicted octanol–water partition coefficient (Wildman–Crippen LogP) is 4.94.